The normalized spacial score (nSPS) is 10.5. The number of halogens is 2. The molecule has 0 saturated heterocycles. The number of rotatable bonds is 5. The Hall–Kier alpha value is -2.44. The molecule has 0 bridgehead atoms. The molecule has 0 saturated carbocycles. The minimum Gasteiger partial charge on any atom is -0.360 e. The van der Waals surface area contributed by atoms with Crippen molar-refractivity contribution >= 4 is 39.0 Å². The molecule has 0 radical (unpaired) electrons. The molecule has 0 aliphatic carbocycles. The number of nitro groups is 1. The molecular formula is C18H13BrClN3O2. The van der Waals surface area contributed by atoms with Crippen molar-refractivity contribution in [2.45, 2.75) is 6.54 Å². The van der Waals surface area contributed by atoms with Gasteiger partial charge in [0.05, 0.1) is 4.92 Å². The molecule has 0 amide bonds. The van der Waals surface area contributed by atoms with Gasteiger partial charge in [0.1, 0.15) is 4.60 Å². The molecule has 2 aromatic carbocycles. The van der Waals surface area contributed by atoms with Crippen molar-refractivity contribution in [3.8, 4) is 11.1 Å². The maximum Gasteiger partial charge on any atom is 0.311 e. The topological polar surface area (TPSA) is 68.1 Å². The summed E-state index contributed by atoms with van der Waals surface area (Å²) >= 11 is 9.60. The summed E-state index contributed by atoms with van der Waals surface area (Å²) in [5.41, 5.74) is 2.84. The van der Waals surface area contributed by atoms with Crippen molar-refractivity contribution in [1.29, 1.82) is 0 Å². The van der Waals surface area contributed by atoms with Crippen LogP contribution in [-0.4, -0.2) is 9.91 Å². The van der Waals surface area contributed by atoms with Crippen LogP contribution < -0.4 is 5.32 Å². The number of pyridine rings is 1. The highest BCUT2D eigenvalue weighted by atomic mass is 79.9. The molecule has 0 aliphatic heterocycles. The van der Waals surface area contributed by atoms with E-state index in [0.717, 1.165) is 16.7 Å². The minimum atomic E-state index is -0.470. The van der Waals surface area contributed by atoms with E-state index in [1.165, 1.54) is 12.1 Å². The van der Waals surface area contributed by atoms with Crippen LogP contribution in [0.5, 0.6) is 0 Å². The van der Waals surface area contributed by atoms with Crippen molar-refractivity contribution in [1.82, 2.24) is 4.98 Å². The van der Waals surface area contributed by atoms with Gasteiger partial charge in [-0.05, 0) is 44.8 Å². The molecule has 3 rings (SSSR count). The van der Waals surface area contributed by atoms with E-state index in [4.69, 9.17) is 11.6 Å². The Labute approximate surface area is 158 Å². The summed E-state index contributed by atoms with van der Waals surface area (Å²) in [6.45, 7) is 0.332. The Morgan fingerprint density at radius 1 is 1.08 bits per heavy atom. The lowest BCUT2D eigenvalue weighted by Gasteiger charge is -2.10. The van der Waals surface area contributed by atoms with E-state index in [0.29, 0.717) is 16.2 Å². The van der Waals surface area contributed by atoms with E-state index in [2.05, 4.69) is 26.2 Å². The molecule has 0 unspecified atom stereocenters. The predicted octanol–water partition coefficient (Wildman–Crippen LogP) is 5.68. The number of benzene rings is 2. The molecule has 1 aromatic heterocycles. The van der Waals surface area contributed by atoms with Crippen molar-refractivity contribution in [3.63, 3.8) is 0 Å². The van der Waals surface area contributed by atoms with Crippen LogP contribution in [0, 0.1) is 10.1 Å². The van der Waals surface area contributed by atoms with Crippen LogP contribution in [0.25, 0.3) is 11.1 Å². The van der Waals surface area contributed by atoms with Gasteiger partial charge in [0, 0.05) is 17.6 Å². The highest BCUT2D eigenvalue weighted by molar-refractivity contribution is 9.10. The smallest absolute Gasteiger partial charge is 0.311 e. The Morgan fingerprint density at radius 2 is 1.84 bits per heavy atom. The molecule has 3 aromatic rings. The molecule has 126 valence electrons. The van der Waals surface area contributed by atoms with Crippen LogP contribution in [0.1, 0.15) is 5.56 Å². The fourth-order valence-corrected chi connectivity index (χ4v) is 2.94. The zero-order valence-corrected chi connectivity index (χ0v) is 15.3. The summed E-state index contributed by atoms with van der Waals surface area (Å²) in [6, 6.07) is 18.6. The van der Waals surface area contributed by atoms with Gasteiger partial charge in [0.2, 0.25) is 5.82 Å². The van der Waals surface area contributed by atoms with Crippen molar-refractivity contribution in [3.05, 3.63) is 86.0 Å². The predicted molar refractivity (Wildman–Crippen MR) is 103 cm³/mol. The standard InChI is InChI=1S/C18H13BrClN3O2/c19-17-9-8-16(23(24)25)18(22-17)21-11-14-7-6-13(10-15(14)20)12-4-2-1-3-5-12/h1-10H,11H2,(H,21,22). The average Bonchev–Trinajstić information content (AvgIpc) is 2.61. The second kappa shape index (κ2) is 7.63. The lowest BCUT2D eigenvalue weighted by Crippen LogP contribution is -2.05. The summed E-state index contributed by atoms with van der Waals surface area (Å²) in [5.74, 6) is 0.197. The molecule has 0 spiro atoms. The van der Waals surface area contributed by atoms with Crippen LogP contribution in [0.2, 0.25) is 5.02 Å². The van der Waals surface area contributed by atoms with E-state index in [1.807, 2.05) is 48.5 Å². The monoisotopic (exact) mass is 417 g/mol. The molecule has 5 nitrogen and oxygen atoms in total. The number of hydrogen-bond donors (Lipinski definition) is 1. The highest BCUT2D eigenvalue weighted by Gasteiger charge is 2.15. The van der Waals surface area contributed by atoms with Crippen LogP contribution in [0.3, 0.4) is 0 Å². The summed E-state index contributed by atoms with van der Waals surface area (Å²) in [5, 5.41) is 14.7. The van der Waals surface area contributed by atoms with Crippen LogP contribution in [0.15, 0.2) is 65.3 Å². The van der Waals surface area contributed by atoms with Gasteiger partial charge in [-0.25, -0.2) is 4.98 Å². The largest absolute Gasteiger partial charge is 0.360 e. The zero-order valence-electron chi connectivity index (χ0n) is 12.9. The Morgan fingerprint density at radius 3 is 2.52 bits per heavy atom. The molecule has 1 heterocycles. The quantitative estimate of drug-likeness (QED) is 0.328. The second-order valence-electron chi connectivity index (χ2n) is 5.28. The lowest BCUT2D eigenvalue weighted by molar-refractivity contribution is -0.384. The van der Waals surface area contributed by atoms with Gasteiger partial charge in [-0.2, -0.15) is 0 Å². The number of aromatic nitrogens is 1. The van der Waals surface area contributed by atoms with Crippen molar-refractivity contribution < 1.29 is 4.92 Å². The average molecular weight is 419 g/mol. The number of anilines is 1. The van der Waals surface area contributed by atoms with Gasteiger partial charge in [-0.3, -0.25) is 10.1 Å². The third-order valence-corrected chi connectivity index (χ3v) is 4.44. The highest BCUT2D eigenvalue weighted by Crippen LogP contribution is 2.28. The van der Waals surface area contributed by atoms with Gasteiger partial charge < -0.3 is 5.32 Å². The minimum absolute atomic E-state index is 0.0831. The van der Waals surface area contributed by atoms with Crippen LogP contribution in [0.4, 0.5) is 11.5 Å². The Balaban J connectivity index is 1.81. The summed E-state index contributed by atoms with van der Waals surface area (Å²) < 4.78 is 0.520. The number of hydrogen-bond acceptors (Lipinski definition) is 4. The number of nitrogens with one attached hydrogen (secondary N) is 1. The zero-order chi connectivity index (χ0) is 17.8. The van der Waals surface area contributed by atoms with E-state index in [-0.39, 0.29) is 11.5 Å². The van der Waals surface area contributed by atoms with Gasteiger partial charge in [-0.1, -0.05) is 54.1 Å². The maximum absolute atomic E-state index is 11.1. The fraction of sp³-hybridized carbons (Fsp3) is 0.0556. The summed E-state index contributed by atoms with van der Waals surface area (Å²) in [6.07, 6.45) is 0. The molecule has 0 aliphatic rings. The molecule has 7 heteroatoms. The molecule has 0 atom stereocenters. The number of nitrogens with zero attached hydrogens (tertiary/aromatic N) is 2. The molecule has 0 fully saturated rings. The van der Waals surface area contributed by atoms with Gasteiger partial charge in [0.25, 0.3) is 0 Å². The van der Waals surface area contributed by atoms with Gasteiger partial charge in [-0.15, -0.1) is 0 Å². The third kappa shape index (κ3) is 4.15. The third-order valence-electron chi connectivity index (χ3n) is 3.64. The molecule has 1 N–H and O–H groups in total. The van der Waals surface area contributed by atoms with E-state index in [1.54, 1.807) is 0 Å². The Kier molecular flexibility index (Phi) is 5.31. The first-order chi connectivity index (χ1) is 12.0. The summed E-state index contributed by atoms with van der Waals surface area (Å²) in [7, 11) is 0. The molecular weight excluding hydrogens is 406 g/mol. The van der Waals surface area contributed by atoms with Gasteiger partial charge >= 0.3 is 5.69 Å². The lowest BCUT2D eigenvalue weighted by atomic mass is 10.0. The summed E-state index contributed by atoms with van der Waals surface area (Å²) in [4.78, 5) is 14.8. The van der Waals surface area contributed by atoms with Crippen LogP contribution >= 0.6 is 27.5 Å². The SMILES string of the molecule is O=[N+]([O-])c1ccc(Br)nc1NCc1ccc(-c2ccccc2)cc1Cl. The van der Waals surface area contributed by atoms with E-state index in [9.17, 15) is 10.1 Å². The maximum atomic E-state index is 11.1. The van der Waals surface area contributed by atoms with Crippen molar-refractivity contribution in [2.75, 3.05) is 5.32 Å². The van der Waals surface area contributed by atoms with E-state index >= 15 is 0 Å². The first-order valence-electron chi connectivity index (χ1n) is 7.43. The first-order valence-corrected chi connectivity index (χ1v) is 8.60. The van der Waals surface area contributed by atoms with Gasteiger partial charge in [0.15, 0.2) is 0 Å². The first kappa shape index (κ1) is 17.4. The second-order valence-corrected chi connectivity index (χ2v) is 6.50. The van der Waals surface area contributed by atoms with E-state index < -0.39 is 4.92 Å². The Bertz CT molecular complexity index is 919. The molecule has 25 heavy (non-hydrogen) atoms. The fourth-order valence-electron chi connectivity index (χ4n) is 2.39. The van der Waals surface area contributed by atoms with Crippen LogP contribution in [-0.2, 0) is 6.54 Å². The van der Waals surface area contributed by atoms with Crippen molar-refractivity contribution in [2.24, 2.45) is 0 Å².